The molecule has 0 saturated carbocycles. The molecule has 0 amide bonds. The van der Waals surface area contributed by atoms with Gasteiger partial charge in [0.2, 0.25) is 0 Å². The predicted molar refractivity (Wildman–Crippen MR) is 145 cm³/mol. The van der Waals surface area contributed by atoms with Gasteiger partial charge in [-0.2, -0.15) is 0 Å². The number of benzene rings is 3. The lowest BCUT2D eigenvalue weighted by molar-refractivity contribution is -0.130. The first-order valence-electron chi connectivity index (χ1n) is 11.8. The molecule has 0 aliphatic rings. The van der Waals surface area contributed by atoms with Crippen LogP contribution in [0.2, 0.25) is 0 Å². The van der Waals surface area contributed by atoms with Crippen molar-refractivity contribution in [3.63, 3.8) is 0 Å². The van der Waals surface area contributed by atoms with Crippen LogP contribution in [0, 0.1) is 0 Å². The molecule has 3 rings (SSSR count). The molecular weight excluding hydrogens is 468 g/mol. The highest BCUT2D eigenvalue weighted by atomic mass is 16.5. The van der Waals surface area contributed by atoms with Crippen molar-refractivity contribution in [1.82, 2.24) is 0 Å². The molecule has 0 heterocycles. The van der Waals surface area contributed by atoms with Crippen molar-refractivity contribution in [2.24, 2.45) is 0 Å². The zero-order valence-corrected chi connectivity index (χ0v) is 21.2. The van der Waals surface area contributed by atoms with Crippen LogP contribution in [0.15, 0.2) is 97.1 Å². The summed E-state index contributed by atoms with van der Waals surface area (Å²) in [7, 11) is 0. The number of allylic oxidation sites excluding steroid dienone is 2. The Morgan fingerprint density at radius 1 is 0.784 bits per heavy atom. The van der Waals surface area contributed by atoms with Crippen molar-refractivity contribution < 1.29 is 28.5 Å². The SMILES string of the molecule is C=C(C)C(=O)Oc1ccc(-c2cc(OC/C=C/C)c(-c3ccc(OC=O)cc3)cc2OC/C=C/C)cc1. The van der Waals surface area contributed by atoms with Gasteiger partial charge in [-0.25, -0.2) is 4.79 Å². The molecule has 0 N–H and O–H groups in total. The van der Waals surface area contributed by atoms with Crippen LogP contribution in [0.4, 0.5) is 0 Å². The third-order valence-electron chi connectivity index (χ3n) is 5.30. The molecule has 0 aliphatic heterocycles. The van der Waals surface area contributed by atoms with E-state index in [0.29, 0.717) is 48.3 Å². The van der Waals surface area contributed by atoms with Gasteiger partial charge in [-0.15, -0.1) is 0 Å². The van der Waals surface area contributed by atoms with Gasteiger partial charge in [-0.05, 0) is 68.3 Å². The van der Waals surface area contributed by atoms with E-state index in [1.807, 2.05) is 74.5 Å². The summed E-state index contributed by atoms with van der Waals surface area (Å²) >= 11 is 0. The topological polar surface area (TPSA) is 71.1 Å². The lowest BCUT2D eigenvalue weighted by atomic mass is 9.97. The van der Waals surface area contributed by atoms with E-state index in [0.717, 1.165) is 22.3 Å². The van der Waals surface area contributed by atoms with Gasteiger partial charge in [0.15, 0.2) is 0 Å². The first-order chi connectivity index (χ1) is 18.0. The van der Waals surface area contributed by atoms with Crippen molar-refractivity contribution >= 4 is 12.4 Å². The highest BCUT2D eigenvalue weighted by Crippen LogP contribution is 2.42. The van der Waals surface area contributed by atoms with Gasteiger partial charge in [0.05, 0.1) is 0 Å². The third kappa shape index (κ3) is 7.45. The molecule has 3 aromatic rings. The molecule has 37 heavy (non-hydrogen) atoms. The van der Waals surface area contributed by atoms with Crippen LogP contribution in [-0.4, -0.2) is 25.7 Å². The molecule has 0 aromatic heterocycles. The Morgan fingerprint density at radius 3 is 1.65 bits per heavy atom. The summed E-state index contributed by atoms with van der Waals surface area (Å²) in [5.41, 5.74) is 3.71. The zero-order valence-electron chi connectivity index (χ0n) is 21.2. The Morgan fingerprint density at radius 2 is 1.24 bits per heavy atom. The zero-order chi connectivity index (χ0) is 26.6. The third-order valence-corrected chi connectivity index (χ3v) is 5.30. The van der Waals surface area contributed by atoms with Gasteiger partial charge in [-0.3, -0.25) is 4.79 Å². The smallest absolute Gasteiger partial charge is 0.338 e. The quantitative estimate of drug-likeness (QED) is 0.0885. The maximum atomic E-state index is 11.9. The number of esters is 1. The normalized spacial score (nSPS) is 10.9. The summed E-state index contributed by atoms with van der Waals surface area (Å²) in [4.78, 5) is 22.5. The molecular formula is C31H30O6. The van der Waals surface area contributed by atoms with E-state index in [2.05, 4.69) is 6.58 Å². The van der Waals surface area contributed by atoms with Gasteiger partial charge >= 0.3 is 5.97 Å². The largest absolute Gasteiger partial charge is 0.489 e. The number of hydrogen-bond donors (Lipinski definition) is 0. The van der Waals surface area contributed by atoms with E-state index >= 15 is 0 Å². The molecule has 0 unspecified atom stereocenters. The van der Waals surface area contributed by atoms with Crippen molar-refractivity contribution in [2.75, 3.05) is 13.2 Å². The van der Waals surface area contributed by atoms with Crippen LogP contribution in [0.25, 0.3) is 22.3 Å². The summed E-state index contributed by atoms with van der Waals surface area (Å²) in [6.45, 7) is 10.3. The molecule has 0 bridgehead atoms. The van der Waals surface area contributed by atoms with Crippen LogP contribution < -0.4 is 18.9 Å². The number of hydrogen-bond acceptors (Lipinski definition) is 6. The number of carbonyl (C=O) groups is 2. The molecule has 0 fully saturated rings. The molecule has 0 aliphatic carbocycles. The molecule has 0 spiro atoms. The van der Waals surface area contributed by atoms with Gasteiger partial charge in [0, 0.05) is 16.7 Å². The lowest BCUT2D eigenvalue weighted by Gasteiger charge is -2.18. The van der Waals surface area contributed by atoms with E-state index in [-0.39, 0.29) is 0 Å². The van der Waals surface area contributed by atoms with Crippen LogP contribution in [0.3, 0.4) is 0 Å². The fraction of sp³-hybridized carbons (Fsp3) is 0.161. The van der Waals surface area contributed by atoms with Crippen LogP contribution in [0.5, 0.6) is 23.0 Å². The number of rotatable bonds is 12. The second-order valence-corrected chi connectivity index (χ2v) is 8.04. The summed E-state index contributed by atoms with van der Waals surface area (Å²) in [5, 5.41) is 0. The van der Waals surface area contributed by atoms with Crippen molar-refractivity contribution in [3.05, 3.63) is 97.1 Å². The van der Waals surface area contributed by atoms with E-state index in [1.165, 1.54) is 0 Å². The molecule has 6 heteroatoms. The minimum Gasteiger partial charge on any atom is -0.489 e. The Labute approximate surface area is 217 Å². The Hall–Kier alpha value is -4.58. The summed E-state index contributed by atoms with van der Waals surface area (Å²) in [5.74, 6) is 1.71. The van der Waals surface area contributed by atoms with Gasteiger partial charge in [-0.1, -0.05) is 55.1 Å². The fourth-order valence-electron chi connectivity index (χ4n) is 3.38. The highest BCUT2D eigenvalue weighted by molar-refractivity contribution is 5.89. The van der Waals surface area contributed by atoms with Crippen molar-refractivity contribution in [3.8, 4) is 45.3 Å². The molecule has 6 nitrogen and oxygen atoms in total. The average Bonchev–Trinajstić information content (AvgIpc) is 2.90. The molecule has 0 atom stereocenters. The Bertz CT molecular complexity index is 1280. The first-order valence-corrected chi connectivity index (χ1v) is 11.8. The van der Waals surface area contributed by atoms with E-state index in [9.17, 15) is 9.59 Å². The van der Waals surface area contributed by atoms with E-state index < -0.39 is 5.97 Å². The number of ether oxygens (including phenoxy) is 4. The fourth-order valence-corrected chi connectivity index (χ4v) is 3.38. The molecule has 0 saturated heterocycles. The second kappa shape index (κ2) is 13.5. The van der Waals surface area contributed by atoms with E-state index in [4.69, 9.17) is 18.9 Å². The minimum atomic E-state index is -0.475. The standard InChI is InChI=1S/C31H30O6/c1-5-7-17-34-29-20-28(24-11-15-26(16-12-24)37-31(33)22(3)4)30(35-18-8-6-2)19-27(29)23-9-13-25(14-10-23)36-21-32/h5-16,19-21H,3,17-18H2,1-2,4H3/b7-5+,8-6+. The molecule has 0 radical (unpaired) electrons. The van der Waals surface area contributed by atoms with Crippen LogP contribution in [-0.2, 0) is 9.59 Å². The Kier molecular flexibility index (Phi) is 9.85. The van der Waals surface area contributed by atoms with Gasteiger partial charge < -0.3 is 18.9 Å². The predicted octanol–water partition coefficient (Wildman–Crippen LogP) is 6.95. The van der Waals surface area contributed by atoms with Crippen molar-refractivity contribution in [1.29, 1.82) is 0 Å². The highest BCUT2D eigenvalue weighted by Gasteiger charge is 2.16. The summed E-state index contributed by atoms with van der Waals surface area (Å²) in [6, 6.07) is 18.2. The second-order valence-electron chi connectivity index (χ2n) is 8.04. The van der Waals surface area contributed by atoms with Gasteiger partial charge in [0.1, 0.15) is 36.2 Å². The monoisotopic (exact) mass is 498 g/mol. The molecule has 3 aromatic carbocycles. The van der Waals surface area contributed by atoms with Gasteiger partial charge in [0.25, 0.3) is 6.47 Å². The molecule has 190 valence electrons. The minimum absolute atomic E-state index is 0.327. The van der Waals surface area contributed by atoms with Crippen molar-refractivity contribution in [2.45, 2.75) is 20.8 Å². The number of carbonyl (C=O) groups excluding carboxylic acids is 2. The average molecular weight is 499 g/mol. The van der Waals surface area contributed by atoms with Crippen LogP contribution >= 0.6 is 0 Å². The Balaban J connectivity index is 2.08. The first kappa shape index (κ1) is 27.0. The summed E-state index contributed by atoms with van der Waals surface area (Å²) in [6.07, 6.45) is 7.69. The van der Waals surface area contributed by atoms with Crippen LogP contribution in [0.1, 0.15) is 20.8 Å². The summed E-state index contributed by atoms with van der Waals surface area (Å²) < 4.78 is 22.5. The van der Waals surface area contributed by atoms with E-state index in [1.54, 1.807) is 31.2 Å². The lowest BCUT2D eigenvalue weighted by Crippen LogP contribution is -2.07. The maximum absolute atomic E-state index is 11.9. The maximum Gasteiger partial charge on any atom is 0.338 e.